The molecule has 0 N–H and O–H groups in total. The summed E-state index contributed by atoms with van der Waals surface area (Å²) >= 11 is 0. The number of amides is 2. The quantitative estimate of drug-likeness (QED) is 0.525. The lowest BCUT2D eigenvalue weighted by Crippen LogP contribution is -2.42. The Morgan fingerprint density at radius 3 is 2.45 bits per heavy atom. The number of aromatic nitrogens is 1. The molecule has 2 aromatic heterocycles. The number of furan rings is 1. The minimum Gasteiger partial charge on any atom is -0.459 e. The second kappa shape index (κ2) is 9.59. The molecule has 0 atom stereocenters. The van der Waals surface area contributed by atoms with E-state index in [1.807, 2.05) is 60.3 Å². The van der Waals surface area contributed by atoms with Crippen molar-refractivity contribution in [3.05, 3.63) is 96.7 Å². The van der Waals surface area contributed by atoms with Gasteiger partial charge in [-0.25, -0.2) is 0 Å². The molecule has 0 unspecified atom stereocenters. The highest BCUT2D eigenvalue weighted by Crippen LogP contribution is 2.13. The molecule has 3 aromatic rings. The highest BCUT2D eigenvalue weighted by molar-refractivity contribution is 5.94. The van der Waals surface area contributed by atoms with E-state index in [2.05, 4.69) is 6.58 Å². The summed E-state index contributed by atoms with van der Waals surface area (Å²) in [5, 5.41) is 0. The van der Waals surface area contributed by atoms with E-state index in [1.165, 1.54) is 11.2 Å². The van der Waals surface area contributed by atoms with Crippen molar-refractivity contribution < 1.29 is 14.0 Å². The third-order valence-corrected chi connectivity index (χ3v) is 4.67. The van der Waals surface area contributed by atoms with Crippen molar-refractivity contribution in [2.75, 3.05) is 13.1 Å². The predicted octanol–water partition coefficient (Wildman–Crippen LogP) is 3.48. The Balaban J connectivity index is 1.79. The summed E-state index contributed by atoms with van der Waals surface area (Å²) in [4.78, 5) is 29.1. The van der Waals surface area contributed by atoms with Crippen molar-refractivity contribution in [3.63, 3.8) is 0 Å². The van der Waals surface area contributed by atoms with Crippen LogP contribution in [0.25, 0.3) is 0 Å². The lowest BCUT2D eigenvalue weighted by Gasteiger charge is -2.27. The predicted molar refractivity (Wildman–Crippen MR) is 111 cm³/mol. The molecule has 0 radical (unpaired) electrons. The molecule has 2 amide bonds. The number of carbonyl (C=O) groups excluding carboxylic acids is 2. The van der Waals surface area contributed by atoms with Crippen molar-refractivity contribution in [2.24, 2.45) is 7.05 Å². The molecule has 29 heavy (non-hydrogen) atoms. The molecular weight excluding hydrogens is 366 g/mol. The zero-order chi connectivity index (χ0) is 20.6. The Labute approximate surface area is 170 Å². The minimum absolute atomic E-state index is 0.0528. The van der Waals surface area contributed by atoms with Crippen molar-refractivity contribution >= 4 is 11.8 Å². The topological polar surface area (TPSA) is 58.7 Å². The minimum atomic E-state index is -0.332. The molecule has 6 heteroatoms. The first-order valence-corrected chi connectivity index (χ1v) is 9.44. The lowest BCUT2D eigenvalue weighted by atomic mass is 10.2. The average molecular weight is 391 g/mol. The fraction of sp³-hybridized carbons (Fsp3) is 0.217. The maximum atomic E-state index is 13.2. The molecular formula is C23H25N3O3. The van der Waals surface area contributed by atoms with Crippen LogP contribution in [0.3, 0.4) is 0 Å². The van der Waals surface area contributed by atoms with Crippen molar-refractivity contribution in [1.29, 1.82) is 0 Å². The maximum absolute atomic E-state index is 13.2. The van der Waals surface area contributed by atoms with Gasteiger partial charge in [0.2, 0.25) is 5.91 Å². The van der Waals surface area contributed by atoms with Crippen LogP contribution in [0, 0.1) is 0 Å². The van der Waals surface area contributed by atoms with Gasteiger partial charge < -0.3 is 18.8 Å². The molecule has 0 aliphatic rings. The number of hydrogen-bond acceptors (Lipinski definition) is 3. The zero-order valence-corrected chi connectivity index (χ0v) is 16.5. The summed E-state index contributed by atoms with van der Waals surface area (Å²) in [5.74, 6) is -0.268. The van der Waals surface area contributed by atoms with Crippen LogP contribution >= 0.6 is 0 Å². The van der Waals surface area contributed by atoms with E-state index >= 15 is 0 Å². The van der Waals surface area contributed by atoms with Gasteiger partial charge in [-0.2, -0.15) is 0 Å². The molecule has 6 nitrogen and oxygen atoms in total. The van der Waals surface area contributed by atoms with Crippen LogP contribution in [0.2, 0.25) is 0 Å². The van der Waals surface area contributed by atoms with E-state index in [4.69, 9.17) is 4.42 Å². The molecule has 0 bridgehead atoms. The van der Waals surface area contributed by atoms with E-state index in [9.17, 15) is 9.59 Å². The first-order chi connectivity index (χ1) is 14.1. The van der Waals surface area contributed by atoms with Gasteiger partial charge >= 0.3 is 0 Å². The van der Waals surface area contributed by atoms with Gasteiger partial charge in [-0.3, -0.25) is 9.59 Å². The molecule has 0 fully saturated rings. The van der Waals surface area contributed by atoms with Crippen LogP contribution in [0.15, 0.2) is 84.1 Å². The smallest absolute Gasteiger partial charge is 0.290 e. The third kappa shape index (κ3) is 5.25. The van der Waals surface area contributed by atoms with Crippen LogP contribution in [-0.2, 0) is 24.9 Å². The fourth-order valence-electron chi connectivity index (χ4n) is 3.09. The Morgan fingerprint density at radius 2 is 1.83 bits per heavy atom. The number of hydrogen-bond donors (Lipinski definition) is 0. The van der Waals surface area contributed by atoms with Gasteiger partial charge in [0.1, 0.15) is 6.54 Å². The van der Waals surface area contributed by atoms with E-state index in [1.54, 1.807) is 23.1 Å². The maximum Gasteiger partial charge on any atom is 0.290 e. The molecule has 3 rings (SSSR count). The fourth-order valence-corrected chi connectivity index (χ4v) is 3.09. The average Bonchev–Trinajstić information content (AvgIpc) is 3.40. The molecule has 0 aliphatic carbocycles. The second-order valence-electron chi connectivity index (χ2n) is 6.80. The molecule has 0 saturated heterocycles. The first kappa shape index (κ1) is 20.2. The summed E-state index contributed by atoms with van der Waals surface area (Å²) in [5.41, 5.74) is 2.05. The summed E-state index contributed by atoms with van der Waals surface area (Å²) in [7, 11) is 1.95. The standard InChI is InChI=1S/C23H25N3O3/c1-3-13-25(23(28)21-12-8-15-29-21)18-22(27)26(16-19-9-5-4-6-10-19)17-20-11-7-14-24(20)2/h3-12,14-15H,1,13,16-18H2,2H3. The zero-order valence-electron chi connectivity index (χ0n) is 16.5. The summed E-state index contributed by atoms with van der Waals surface area (Å²) < 4.78 is 7.19. The Kier molecular flexibility index (Phi) is 6.68. The third-order valence-electron chi connectivity index (χ3n) is 4.67. The van der Waals surface area contributed by atoms with Gasteiger partial charge in [0.25, 0.3) is 5.91 Å². The van der Waals surface area contributed by atoms with Gasteiger partial charge in [0.05, 0.1) is 12.8 Å². The highest BCUT2D eigenvalue weighted by atomic mass is 16.3. The van der Waals surface area contributed by atoms with Crippen molar-refractivity contribution in [2.45, 2.75) is 13.1 Å². The van der Waals surface area contributed by atoms with Gasteiger partial charge in [-0.15, -0.1) is 6.58 Å². The van der Waals surface area contributed by atoms with Crippen LogP contribution < -0.4 is 0 Å². The van der Waals surface area contributed by atoms with Crippen LogP contribution in [0.1, 0.15) is 21.8 Å². The van der Waals surface area contributed by atoms with Crippen molar-refractivity contribution in [1.82, 2.24) is 14.4 Å². The van der Waals surface area contributed by atoms with Crippen LogP contribution in [0.4, 0.5) is 0 Å². The van der Waals surface area contributed by atoms with E-state index in [0.717, 1.165) is 11.3 Å². The van der Waals surface area contributed by atoms with Crippen molar-refractivity contribution in [3.8, 4) is 0 Å². The number of benzene rings is 1. The lowest BCUT2D eigenvalue weighted by molar-refractivity contribution is -0.133. The van der Waals surface area contributed by atoms with Gasteiger partial charge in [-0.05, 0) is 29.8 Å². The van der Waals surface area contributed by atoms with Gasteiger partial charge in [0, 0.05) is 32.0 Å². The number of rotatable bonds is 9. The first-order valence-electron chi connectivity index (χ1n) is 9.44. The van der Waals surface area contributed by atoms with Gasteiger partial charge in [-0.1, -0.05) is 36.4 Å². The molecule has 1 aromatic carbocycles. The molecule has 150 valence electrons. The van der Waals surface area contributed by atoms with E-state index in [0.29, 0.717) is 13.1 Å². The molecule has 2 heterocycles. The Bertz CT molecular complexity index is 945. The monoisotopic (exact) mass is 391 g/mol. The largest absolute Gasteiger partial charge is 0.459 e. The molecule has 0 aliphatic heterocycles. The Hall–Kier alpha value is -3.54. The highest BCUT2D eigenvalue weighted by Gasteiger charge is 2.23. The van der Waals surface area contributed by atoms with E-state index < -0.39 is 0 Å². The summed E-state index contributed by atoms with van der Waals surface area (Å²) in [6, 6.07) is 17.0. The summed E-state index contributed by atoms with van der Waals surface area (Å²) in [6.07, 6.45) is 5.00. The molecule has 0 spiro atoms. The Morgan fingerprint density at radius 1 is 1.03 bits per heavy atom. The SMILES string of the molecule is C=CCN(CC(=O)N(Cc1ccccc1)Cc1cccn1C)C(=O)c1ccco1. The van der Waals surface area contributed by atoms with Crippen LogP contribution in [0.5, 0.6) is 0 Å². The van der Waals surface area contributed by atoms with E-state index in [-0.39, 0.29) is 30.7 Å². The number of aryl methyl sites for hydroxylation is 1. The number of nitrogens with zero attached hydrogens (tertiary/aromatic N) is 3. The second-order valence-corrected chi connectivity index (χ2v) is 6.80. The van der Waals surface area contributed by atoms with Crippen LogP contribution in [-0.4, -0.2) is 39.3 Å². The number of carbonyl (C=O) groups is 2. The summed E-state index contributed by atoms with van der Waals surface area (Å²) in [6.45, 7) is 4.82. The normalized spacial score (nSPS) is 10.5. The van der Waals surface area contributed by atoms with Gasteiger partial charge in [0.15, 0.2) is 5.76 Å². The molecule has 0 saturated carbocycles.